The lowest BCUT2D eigenvalue weighted by Crippen LogP contribution is -3.16. The summed E-state index contributed by atoms with van der Waals surface area (Å²) < 4.78 is 0. The van der Waals surface area contributed by atoms with Gasteiger partial charge in [0.15, 0.2) is 0 Å². The molecule has 2 heteroatoms. The molecule has 1 rings (SSSR count). The molecule has 0 spiro atoms. The van der Waals surface area contributed by atoms with E-state index in [0.717, 1.165) is 6.04 Å². The van der Waals surface area contributed by atoms with Crippen molar-refractivity contribution in [2.45, 2.75) is 90.5 Å². The second kappa shape index (κ2) is 13.9. The summed E-state index contributed by atoms with van der Waals surface area (Å²) in [6.45, 7) is 12.4. The molecular weight excluding hydrogens is 232 g/mol. The Hall–Kier alpha value is -0.550. The highest BCUT2D eigenvalue weighted by molar-refractivity contribution is 4.55. The summed E-state index contributed by atoms with van der Waals surface area (Å²) in [5.74, 6) is 0. The minimum Gasteiger partial charge on any atom is -0.512 e. The maximum atomic E-state index is 6.25. The van der Waals surface area contributed by atoms with Crippen molar-refractivity contribution < 1.29 is 4.90 Å². The molecule has 1 aliphatic rings. The highest BCUT2D eigenvalue weighted by Crippen LogP contribution is 2.08. The molecule has 1 N–H and O–H groups in total. The zero-order chi connectivity index (χ0) is 14.3. The van der Waals surface area contributed by atoms with Crippen molar-refractivity contribution in [1.29, 1.82) is 5.26 Å². The maximum Gasteiger partial charge on any atom is 0.0846 e. The zero-order valence-corrected chi connectivity index (χ0v) is 13.2. The van der Waals surface area contributed by atoms with Crippen LogP contribution < -0.4 is 4.90 Å². The van der Waals surface area contributed by atoms with Crippen molar-refractivity contribution in [3.8, 4) is 0 Å². The van der Waals surface area contributed by atoms with Crippen LogP contribution in [0.15, 0.2) is 0 Å². The van der Waals surface area contributed by atoms with Gasteiger partial charge in [0.2, 0.25) is 0 Å². The standard InChI is InChI=1S/C16H33N.CN/c1-3-4-5-6-7-8-9-11-14-17-15-12-10-13-16(17)2;1-2/h16H,3-15H2,1-2H3;/q;-1/p+1. The van der Waals surface area contributed by atoms with Crippen LogP contribution in [0.4, 0.5) is 0 Å². The molecule has 0 radical (unpaired) electrons. The lowest BCUT2D eigenvalue weighted by molar-refractivity contribution is -0.928. The third kappa shape index (κ3) is 9.96. The van der Waals surface area contributed by atoms with Gasteiger partial charge in [-0.15, -0.1) is 0 Å². The van der Waals surface area contributed by atoms with E-state index < -0.39 is 0 Å². The Labute approximate surface area is 121 Å². The van der Waals surface area contributed by atoms with E-state index in [1.807, 2.05) is 4.90 Å². The molecule has 1 fully saturated rings. The van der Waals surface area contributed by atoms with E-state index in [2.05, 4.69) is 13.8 Å². The van der Waals surface area contributed by atoms with Crippen LogP contribution in [0.2, 0.25) is 0 Å². The maximum absolute atomic E-state index is 6.25. The Morgan fingerprint density at radius 1 is 0.947 bits per heavy atom. The molecule has 1 heterocycles. The SMILES string of the molecule is CCCCCCCCCC[NH+]1CCCCC1C.[C-]#N. The summed E-state index contributed by atoms with van der Waals surface area (Å²) in [4.78, 5) is 1.89. The van der Waals surface area contributed by atoms with E-state index in [-0.39, 0.29) is 0 Å². The van der Waals surface area contributed by atoms with Crippen LogP contribution in [0.1, 0.15) is 84.5 Å². The van der Waals surface area contributed by atoms with Crippen LogP contribution in [0.3, 0.4) is 0 Å². The number of unbranched alkanes of at least 4 members (excludes halogenated alkanes) is 7. The van der Waals surface area contributed by atoms with E-state index >= 15 is 0 Å². The fraction of sp³-hybridized carbons (Fsp3) is 0.941. The van der Waals surface area contributed by atoms with E-state index in [0.29, 0.717) is 0 Å². The number of quaternary nitrogens is 1. The van der Waals surface area contributed by atoms with Gasteiger partial charge in [0.05, 0.1) is 19.1 Å². The number of hydrogen-bond acceptors (Lipinski definition) is 1. The zero-order valence-electron chi connectivity index (χ0n) is 13.2. The van der Waals surface area contributed by atoms with E-state index in [4.69, 9.17) is 11.8 Å². The quantitative estimate of drug-likeness (QED) is 0.500. The summed E-state index contributed by atoms with van der Waals surface area (Å²) in [5.41, 5.74) is 0. The third-order valence-corrected chi connectivity index (χ3v) is 4.43. The molecule has 1 saturated heterocycles. The first-order valence-corrected chi connectivity index (χ1v) is 8.41. The van der Waals surface area contributed by atoms with Crippen LogP contribution >= 0.6 is 0 Å². The van der Waals surface area contributed by atoms with Crippen molar-refractivity contribution in [3.05, 3.63) is 6.57 Å². The van der Waals surface area contributed by atoms with E-state index in [1.165, 1.54) is 83.7 Å². The summed E-state index contributed by atoms with van der Waals surface area (Å²) in [5, 5.41) is 6.25. The smallest absolute Gasteiger partial charge is 0.0846 e. The van der Waals surface area contributed by atoms with Crippen molar-refractivity contribution >= 4 is 0 Å². The van der Waals surface area contributed by atoms with Gasteiger partial charge in [-0.2, -0.15) is 0 Å². The molecule has 0 saturated carbocycles. The molecule has 2 atom stereocenters. The molecule has 0 amide bonds. The number of likely N-dealkylation sites (tertiary alicyclic amines) is 1. The van der Waals surface area contributed by atoms with Crippen molar-refractivity contribution in [1.82, 2.24) is 0 Å². The molecule has 0 aromatic rings. The van der Waals surface area contributed by atoms with Gasteiger partial charge in [0.1, 0.15) is 0 Å². The molecule has 2 unspecified atom stereocenters. The summed E-state index contributed by atoms with van der Waals surface area (Å²) in [6.07, 6.45) is 16.1. The van der Waals surface area contributed by atoms with Crippen LogP contribution in [0, 0.1) is 11.8 Å². The molecule has 0 aromatic heterocycles. The molecule has 1 aliphatic heterocycles. The Morgan fingerprint density at radius 2 is 1.53 bits per heavy atom. The molecule has 0 aliphatic carbocycles. The summed E-state index contributed by atoms with van der Waals surface area (Å²) in [6, 6.07) is 0.938. The van der Waals surface area contributed by atoms with Crippen LogP contribution in [-0.4, -0.2) is 19.1 Å². The Kier molecular flexibility index (Phi) is 13.5. The summed E-state index contributed by atoms with van der Waals surface area (Å²) >= 11 is 0. The summed E-state index contributed by atoms with van der Waals surface area (Å²) in [7, 11) is 0. The normalized spacial score (nSPS) is 22.5. The van der Waals surface area contributed by atoms with Gasteiger partial charge in [-0.3, -0.25) is 0 Å². The minimum absolute atomic E-state index is 0.938. The Morgan fingerprint density at radius 3 is 2.11 bits per heavy atom. The number of hydrogen-bond donors (Lipinski definition) is 1. The molecule has 0 aromatic carbocycles. The minimum atomic E-state index is 0.938. The predicted molar refractivity (Wildman–Crippen MR) is 81.6 cm³/mol. The molecular formula is C17H34N2. The molecule has 112 valence electrons. The van der Waals surface area contributed by atoms with Crippen LogP contribution in [0.5, 0.6) is 0 Å². The predicted octanol–water partition coefficient (Wildman–Crippen LogP) is 3.68. The van der Waals surface area contributed by atoms with Crippen molar-refractivity contribution in [3.63, 3.8) is 0 Å². The fourth-order valence-corrected chi connectivity index (χ4v) is 3.11. The number of rotatable bonds is 9. The van der Waals surface area contributed by atoms with Gasteiger partial charge >= 0.3 is 0 Å². The first-order chi connectivity index (χ1) is 9.34. The Balaban J connectivity index is 0.00000154. The van der Waals surface area contributed by atoms with Crippen LogP contribution in [0.25, 0.3) is 0 Å². The van der Waals surface area contributed by atoms with Crippen LogP contribution in [-0.2, 0) is 0 Å². The van der Waals surface area contributed by atoms with Crippen molar-refractivity contribution in [2.24, 2.45) is 0 Å². The van der Waals surface area contributed by atoms with Gasteiger partial charge < -0.3 is 16.7 Å². The first kappa shape index (κ1) is 18.4. The number of nitrogens with zero attached hydrogens (tertiary/aromatic N) is 1. The average Bonchev–Trinajstić information content (AvgIpc) is 2.46. The lowest BCUT2D eigenvalue weighted by Gasteiger charge is -2.30. The topological polar surface area (TPSA) is 28.2 Å². The van der Waals surface area contributed by atoms with Gasteiger partial charge in [0, 0.05) is 0 Å². The van der Waals surface area contributed by atoms with E-state index in [9.17, 15) is 0 Å². The van der Waals surface area contributed by atoms with Gasteiger partial charge in [-0.05, 0) is 39.0 Å². The van der Waals surface area contributed by atoms with Gasteiger partial charge in [-0.1, -0.05) is 45.4 Å². The molecule has 2 nitrogen and oxygen atoms in total. The Bertz CT molecular complexity index is 201. The largest absolute Gasteiger partial charge is 0.512 e. The average molecular weight is 266 g/mol. The number of nitrogens with one attached hydrogen (secondary N) is 1. The first-order valence-electron chi connectivity index (χ1n) is 8.41. The van der Waals surface area contributed by atoms with E-state index in [1.54, 1.807) is 0 Å². The highest BCUT2D eigenvalue weighted by atomic mass is 15.1. The monoisotopic (exact) mass is 266 g/mol. The van der Waals surface area contributed by atoms with Gasteiger partial charge in [0.25, 0.3) is 0 Å². The second-order valence-electron chi connectivity index (χ2n) is 6.03. The third-order valence-electron chi connectivity index (χ3n) is 4.43. The highest BCUT2D eigenvalue weighted by Gasteiger charge is 2.20. The lowest BCUT2D eigenvalue weighted by atomic mass is 10.0. The van der Waals surface area contributed by atoms with Crippen molar-refractivity contribution in [2.75, 3.05) is 13.1 Å². The fourth-order valence-electron chi connectivity index (χ4n) is 3.11. The van der Waals surface area contributed by atoms with Gasteiger partial charge in [-0.25, -0.2) is 0 Å². The molecule has 19 heavy (non-hydrogen) atoms. The second-order valence-corrected chi connectivity index (χ2v) is 6.03. The molecule has 0 bridgehead atoms. The number of piperidine rings is 1.